The highest BCUT2D eigenvalue weighted by atomic mass is 32.1. The van der Waals surface area contributed by atoms with E-state index in [0.29, 0.717) is 5.95 Å². The van der Waals surface area contributed by atoms with Crippen molar-refractivity contribution >= 4 is 33.3 Å². The van der Waals surface area contributed by atoms with Crippen molar-refractivity contribution in [1.29, 1.82) is 0 Å². The molecule has 6 heteroatoms. The van der Waals surface area contributed by atoms with Crippen LogP contribution in [0, 0.1) is 6.92 Å². The molecule has 0 saturated heterocycles. The van der Waals surface area contributed by atoms with Crippen LogP contribution in [0.3, 0.4) is 0 Å². The smallest absolute Gasteiger partial charge is 0.225 e. The maximum atomic E-state index is 5.40. The van der Waals surface area contributed by atoms with Crippen LogP contribution in [0.1, 0.15) is 17.6 Å². The Hall–Kier alpha value is -2.08. The molecule has 3 aromatic rings. The Labute approximate surface area is 127 Å². The van der Waals surface area contributed by atoms with E-state index in [1.807, 2.05) is 19.2 Å². The molecular weight excluding hydrogens is 284 g/mol. The number of nitrogens with one attached hydrogen (secondary N) is 2. The minimum atomic E-state index is 0.221. The average molecular weight is 302 g/mol. The molecule has 0 radical (unpaired) electrons. The predicted molar refractivity (Wildman–Crippen MR) is 87.2 cm³/mol. The minimum Gasteiger partial charge on any atom is -0.469 e. The van der Waals surface area contributed by atoms with Crippen LogP contribution in [0.5, 0.6) is 0 Å². The number of hydrogen-bond donors (Lipinski definition) is 2. The van der Waals surface area contributed by atoms with Gasteiger partial charge in [-0.1, -0.05) is 0 Å². The topological polar surface area (TPSA) is 63.0 Å². The van der Waals surface area contributed by atoms with Gasteiger partial charge in [0.1, 0.15) is 16.4 Å². The van der Waals surface area contributed by atoms with Crippen LogP contribution in [0.2, 0.25) is 0 Å². The lowest BCUT2D eigenvalue weighted by Gasteiger charge is -2.14. The molecule has 0 aromatic carbocycles. The number of hydrogen-bond acceptors (Lipinski definition) is 6. The fourth-order valence-corrected chi connectivity index (χ4v) is 3.16. The molecule has 0 aliphatic carbocycles. The maximum Gasteiger partial charge on any atom is 0.225 e. The van der Waals surface area contributed by atoms with E-state index < -0.39 is 0 Å². The zero-order valence-corrected chi connectivity index (χ0v) is 13.1. The second-order valence-electron chi connectivity index (χ2n) is 5.05. The molecule has 0 aliphatic heterocycles. The highest BCUT2D eigenvalue weighted by Gasteiger charge is 2.13. The van der Waals surface area contributed by atoms with Gasteiger partial charge in [-0.25, -0.2) is 4.98 Å². The summed E-state index contributed by atoms with van der Waals surface area (Å²) >= 11 is 1.68. The predicted octanol–water partition coefficient (Wildman–Crippen LogP) is 3.68. The molecule has 0 aliphatic rings. The number of rotatable bonds is 5. The molecule has 1 unspecified atom stereocenters. The first-order valence-electron chi connectivity index (χ1n) is 6.90. The molecule has 5 nitrogen and oxygen atoms in total. The zero-order valence-electron chi connectivity index (χ0n) is 12.3. The van der Waals surface area contributed by atoms with Gasteiger partial charge in [0.2, 0.25) is 5.95 Å². The number of fused-ring (bicyclic) bond motifs is 1. The van der Waals surface area contributed by atoms with E-state index in [-0.39, 0.29) is 6.04 Å². The van der Waals surface area contributed by atoms with E-state index in [9.17, 15) is 0 Å². The number of nitrogens with zero attached hydrogens (tertiary/aromatic N) is 2. The molecule has 0 amide bonds. The van der Waals surface area contributed by atoms with Crippen LogP contribution in [0.15, 0.2) is 28.9 Å². The fourth-order valence-electron chi connectivity index (χ4n) is 2.28. The molecule has 0 spiro atoms. The van der Waals surface area contributed by atoms with E-state index in [4.69, 9.17) is 4.42 Å². The van der Waals surface area contributed by atoms with Crippen molar-refractivity contribution in [2.24, 2.45) is 0 Å². The van der Waals surface area contributed by atoms with E-state index in [0.717, 1.165) is 28.2 Å². The summed E-state index contributed by atoms with van der Waals surface area (Å²) in [6.45, 7) is 4.20. The van der Waals surface area contributed by atoms with Crippen molar-refractivity contribution in [1.82, 2.24) is 9.97 Å². The quantitative estimate of drug-likeness (QED) is 0.753. The van der Waals surface area contributed by atoms with Crippen molar-refractivity contribution in [3.8, 4) is 0 Å². The highest BCUT2D eigenvalue weighted by Crippen LogP contribution is 2.30. The molecule has 3 aromatic heterocycles. The number of aromatic nitrogens is 2. The van der Waals surface area contributed by atoms with Gasteiger partial charge in [0, 0.05) is 24.4 Å². The van der Waals surface area contributed by atoms with Crippen molar-refractivity contribution in [2.45, 2.75) is 26.3 Å². The van der Waals surface area contributed by atoms with E-state index in [2.05, 4.69) is 40.5 Å². The van der Waals surface area contributed by atoms with Gasteiger partial charge in [0.05, 0.1) is 11.6 Å². The van der Waals surface area contributed by atoms with Crippen molar-refractivity contribution in [2.75, 3.05) is 17.7 Å². The standard InChI is InChI=1S/C15H18N4OS/c1-9(7-11-5-4-6-20-11)17-13-12-8-10(2)21-14(12)19-15(16-3)18-13/h4-6,8-9H,7H2,1-3H3,(H2,16,17,18,19). The second kappa shape index (κ2) is 5.73. The van der Waals surface area contributed by atoms with Gasteiger partial charge in [-0.15, -0.1) is 11.3 Å². The van der Waals surface area contributed by atoms with Gasteiger partial charge in [0.25, 0.3) is 0 Å². The van der Waals surface area contributed by atoms with Gasteiger partial charge < -0.3 is 15.1 Å². The number of thiophene rings is 1. The summed E-state index contributed by atoms with van der Waals surface area (Å²) in [6.07, 6.45) is 2.52. The van der Waals surface area contributed by atoms with Crippen LogP contribution in [0.4, 0.5) is 11.8 Å². The van der Waals surface area contributed by atoms with Crippen LogP contribution < -0.4 is 10.6 Å². The van der Waals surface area contributed by atoms with Crippen LogP contribution in [-0.4, -0.2) is 23.1 Å². The Bertz CT molecular complexity index is 736. The number of furan rings is 1. The van der Waals surface area contributed by atoms with E-state index in [1.54, 1.807) is 17.6 Å². The third-order valence-corrected chi connectivity index (χ3v) is 4.15. The third kappa shape index (κ3) is 3.00. The molecule has 0 saturated carbocycles. The summed E-state index contributed by atoms with van der Waals surface area (Å²) in [5.74, 6) is 2.47. The Morgan fingerprint density at radius 1 is 1.38 bits per heavy atom. The SMILES string of the molecule is CNc1nc(NC(C)Cc2ccco2)c2cc(C)sc2n1. The van der Waals surface area contributed by atoms with Crippen LogP contribution in [0.25, 0.3) is 10.2 Å². The van der Waals surface area contributed by atoms with Gasteiger partial charge in [-0.2, -0.15) is 4.98 Å². The Morgan fingerprint density at radius 2 is 2.24 bits per heavy atom. The van der Waals surface area contributed by atoms with Crippen LogP contribution >= 0.6 is 11.3 Å². The second-order valence-corrected chi connectivity index (χ2v) is 6.29. The molecule has 21 heavy (non-hydrogen) atoms. The van der Waals surface area contributed by atoms with Gasteiger partial charge in [0.15, 0.2) is 0 Å². The summed E-state index contributed by atoms with van der Waals surface area (Å²) in [4.78, 5) is 11.3. The summed E-state index contributed by atoms with van der Waals surface area (Å²) < 4.78 is 5.40. The van der Waals surface area contributed by atoms with Crippen molar-refractivity contribution in [3.05, 3.63) is 35.1 Å². The summed E-state index contributed by atoms with van der Waals surface area (Å²) in [5.41, 5.74) is 0. The zero-order chi connectivity index (χ0) is 14.8. The summed E-state index contributed by atoms with van der Waals surface area (Å²) in [5, 5.41) is 7.55. The fraction of sp³-hybridized carbons (Fsp3) is 0.333. The average Bonchev–Trinajstić information content (AvgIpc) is 3.06. The van der Waals surface area contributed by atoms with E-state index in [1.165, 1.54) is 4.88 Å². The molecule has 2 N–H and O–H groups in total. The Kier molecular flexibility index (Phi) is 3.79. The molecule has 3 heterocycles. The van der Waals surface area contributed by atoms with Crippen molar-refractivity contribution < 1.29 is 4.42 Å². The lowest BCUT2D eigenvalue weighted by molar-refractivity contribution is 0.497. The molecule has 1 atom stereocenters. The first kappa shape index (κ1) is 13.9. The van der Waals surface area contributed by atoms with Gasteiger partial charge in [-0.05, 0) is 32.0 Å². The Balaban J connectivity index is 1.88. The van der Waals surface area contributed by atoms with Gasteiger partial charge in [-0.3, -0.25) is 0 Å². The number of aryl methyl sites for hydroxylation is 1. The number of anilines is 2. The maximum absolute atomic E-state index is 5.40. The molecule has 3 rings (SSSR count). The highest BCUT2D eigenvalue weighted by molar-refractivity contribution is 7.18. The summed E-state index contributed by atoms with van der Waals surface area (Å²) in [7, 11) is 1.83. The lowest BCUT2D eigenvalue weighted by Crippen LogP contribution is -2.19. The summed E-state index contributed by atoms with van der Waals surface area (Å²) in [6, 6.07) is 6.24. The van der Waals surface area contributed by atoms with Gasteiger partial charge >= 0.3 is 0 Å². The molecular formula is C15H18N4OS. The monoisotopic (exact) mass is 302 g/mol. The lowest BCUT2D eigenvalue weighted by atomic mass is 10.2. The normalized spacial score (nSPS) is 12.5. The van der Waals surface area contributed by atoms with Crippen LogP contribution in [-0.2, 0) is 6.42 Å². The largest absolute Gasteiger partial charge is 0.469 e. The molecule has 0 fully saturated rings. The van der Waals surface area contributed by atoms with E-state index >= 15 is 0 Å². The molecule has 110 valence electrons. The Morgan fingerprint density at radius 3 is 2.95 bits per heavy atom. The first-order chi connectivity index (χ1) is 10.2. The first-order valence-corrected chi connectivity index (χ1v) is 7.72. The minimum absolute atomic E-state index is 0.221. The molecule has 0 bridgehead atoms. The van der Waals surface area contributed by atoms with Crippen molar-refractivity contribution in [3.63, 3.8) is 0 Å². The third-order valence-electron chi connectivity index (χ3n) is 3.21.